The topological polar surface area (TPSA) is 56.7 Å². The van der Waals surface area contributed by atoms with Crippen LogP contribution in [0.5, 0.6) is 0 Å². The van der Waals surface area contributed by atoms with Crippen LogP contribution < -0.4 is 0 Å². The van der Waals surface area contributed by atoms with E-state index in [-0.39, 0.29) is 0 Å². The third-order valence-electron chi connectivity index (χ3n) is 12.3. The van der Waals surface area contributed by atoms with E-state index in [2.05, 4.69) is 187 Å². The van der Waals surface area contributed by atoms with Crippen molar-refractivity contribution in [1.82, 2.24) is 19.5 Å². The van der Waals surface area contributed by atoms with Crippen molar-refractivity contribution in [2.45, 2.75) is 0 Å². The van der Waals surface area contributed by atoms with Gasteiger partial charge in [-0.2, -0.15) is 0 Å². The third kappa shape index (κ3) is 5.45. The molecule has 13 rings (SSSR count). The fourth-order valence-corrected chi connectivity index (χ4v) is 9.40. The number of aromatic nitrogens is 4. The van der Waals surface area contributed by atoms with Gasteiger partial charge in [0.1, 0.15) is 11.2 Å². The summed E-state index contributed by atoms with van der Waals surface area (Å²) >= 11 is 0. The number of furan rings is 1. The molecule has 13 aromatic rings. The fraction of sp³-hybridized carbons (Fsp3) is 0. The van der Waals surface area contributed by atoms with Gasteiger partial charge in [0, 0.05) is 49.7 Å². The van der Waals surface area contributed by atoms with E-state index in [1.54, 1.807) is 0 Å². The molecule has 0 aliphatic carbocycles. The van der Waals surface area contributed by atoms with Crippen molar-refractivity contribution in [1.29, 1.82) is 0 Å². The van der Waals surface area contributed by atoms with E-state index in [9.17, 15) is 0 Å². The first-order valence-electron chi connectivity index (χ1n) is 20.9. The van der Waals surface area contributed by atoms with Crippen LogP contribution in [0, 0.1) is 0 Å². The number of fused-ring (bicyclic) bond motifs is 10. The van der Waals surface area contributed by atoms with Gasteiger partial charge in [0.2, 0.25) is 0 Å². The first-order valence-corrected chi connectivity index (χ1v) is 20.9. The van der Waals surface area contributed by atoms with Crippen LogP contribution >= 0.6 is 0 Å². The number of rotatable bonds is 5. The van der Waals surface area contributed by atoms with E-state index in [1.165, 1.54) is 32.3 Å². The molecular weight excluding hydrogens is 757 g/mol. The molecule has 0 atom stereocenters. The zero-order valence-corrected chi connectivity index (χ0v) is 33.3. The number of benzene rings is 10. The predicted octanol–water partition coefficient (Wildman–Crippen LogP) is 15.0. The maximum atomic E-state index is 7.04. The van der Waals surface area contributed by atoms with Crippen LogP contribution in [0.3, 0.4) is 0 Å². The summed E-state index contributed by atoms with van der Waals surface area (Å²) in [5, 5.41) is 11.3. The Bertz CT molecular complexity index is 3830. The molecule has 0 bridgehead atoms. The largest absolute Gasteiger partial charge is 0.455 e. The Morgan fingerprint density at radius 3 is 1.55 bits per heavy atom. The van der Waals surface area contributed by atoms with Crippen LogP contribution in [0.2, 0.25) is 0 Å². The molecule has 3 aromatic heterocycles. The van der Waals surface area contributed by atoms with Crippen LogP contribution in [-0.2, 0) is 0 Å². The Morgan fingerprint density at radius 2 is 0.871 bits per heavy atom. The number of nitrogens with zero attached hydrogens (tertiary/aromatic N) is 4. The minimum absolute atomic E-state index is 0.568. The summed E-state index contributed by atoms with van der Waals surface area (Å²) < 4.78 is 9.43. The van der Waals surface area contributed by atoms with Crippen molar-refractivity contribution < 1.29 is 4.42 Å². The Morgan fingerprint density at radius 1 is 0.339 bits per heavy atom. The van der Waals surface area contributed by atoms with Gasteiger partial charge < -0.3 is 8.98 Å². The monoisotopic (exact) mass is 790 g/mol. The van der Waals surface area contributed by atoms with Gasteiger partial charge >= 0.3 is 0 Å². The fourth-order valence-electron chi connectivity index (χ4n) is 9.40. The number of hydrogen-bond acceptors (Lipinski definition) is 4. The van der Waals surface area contributed by atoms with Gasteiger partial charge in [-0.3, -0.25) is 0 Å². The molecule has 0 aliphatic rings. The quantitative estimate of drug-likeness (QED) is 0.174. The van der Waals surface area contributed by atoms with Crippen LogP contribution in [0.1, 0.15) is 0 Å². The average molecular weight is 791 g/mol. The highest BCUT2D eigenvalue weighted by atomic mass is 16.3. The minimum atomic E-state index is 0.568. The van der Waals surface area contributed by atoms with Gasteiger partial charge in [0.05, 0.1) is 16.7 Å². The summed E-state index contributed by atoms with van der Waals surface area (Å²) in [4.78, 5) is 15.9. The second-order valence-electron chi connectivity index (χ2n) is 16.0. The molecule has 0 amide bonds. The van der Waals surface area contributed by atoms with Crippen LogP contribution in [-0.4, -0.2) is 19.5 Å². The molecule has 0 unspecified atom stereocenters. The maximum absolute atomic E-state index is 7.04. The van der Waals surface area contributed by atoms with Gasteiger partial charge in [0.25, 0.3) is 0 Å². The molecule has 0 saturated carbocycles. The van der Waals surface area contributed by atoms with Gasteiger partial charge in [-0.25, -0.2) is 15.0 Å². The summed E-state index contributed by atoms with van der Waals surface area (Å²) in [5.41, 5.74) is 9.68. The molecule has 0 radical (unpaired) electrons. The van der Waals surface area contributed by atoms with Crippen molar-refractivity contribution in [3.8, 4) is 51.0 Å². The molecular formula is C57H34N4O. The van der Waals surface area contributed by atoms with Crippen molar-refractivity contribution >= 4 is 76.1 Å². The second kappa shape index (κ2) is 13.6. The Labute approximate surface area is 355 Å². The lowest BCUT2D eigenvalue weighted by Gasteiger charge is -2.13. The van der Waals surface area contributed by atoms with Gasteiger partial charge in [-0.1, -0.05) is 158 Å². The summed E-state index contributed by atoms with van der Waals surface area (Å²) in [6, 6.07) is 72.8. The molecule has 0 saturated heterocycles. The highest BCUT2D eigenvalue weighted by Gasteiger charge is 2.23. The first kappa shape index (κ1) is 34.5. The molecule has 288 valence electrons. The van der Waals surface area contributed by atoms with E-state index < -0.39 is 0 Å². The molecule has 62 heavy (non-hydrogen) atoms. The second-order valence-corrected chi connectivity index (χ2v) is 16.0. The highest BCUT2D eigenvalue weighted by Crippen LogP contribution is 2.44. The van der Waals surface area contributed by atoms with Crippen LogP contribution in [0.4, 0.5) is 0 Å². The molecule has 3 heterocycles. The lowest BCUT2D eigenvalue weighted by atomic mass is 10.0. The van der Waals surface area contributed by atoms with Gasteiger partial charge in [0.15, 0.2) is 17.5 Å². The maximum Gasteiger partial charge on any atom is 0.164 e. The Kier molecular flexibility index (Phi) is 7.54. The van der Waals surface area contributed by atoms with Gasteiger partial charge in [-0.15, -0.1) is 0 Å². The summed E-state index contributed by atoms with van der Waals surface area (Å²) in [7, 11) is 0. The molecule has 5 heteroatoms. The predicted molar refractivity (Wildman–Crippen MR) is 256 cm³/mol. The molecule has 0 spiro atoms. The lowest BCUT2D eigenvalue weighted by Crippen LogP contribution is -2.02. The molecule has 10 aromatic carbocycles. The molecule has 0 N–H and O–H groups in total. The van der Waals surface area contributed by atoms with Crippen molar-refractivity contribution in [2.24, 2.45) is 0 Å². The Balaban J connectivity index is 1.15. The first-order chi connectivity index (χ1) is 30.7. The van der Waals surface area contributed by atoms with E-state index >= 15 is 0 Å². The van der Waals surface area contributed by atoms with E-state index in [0.29, 0.717) is 17.5 Å². The van der Waals surface area contributed by atoms with E-state index in [4.69, 9.17) is 19.4 Å². The summed E-state index contributed by atoms with van der Waals surface area (Å²) in [6.45, 7) is 0. The smallest absolute Gasteiger partial charge is 0.164 e. The molecule has 5 nitrogen and oxygen atoms in total. The zero-order chi connectivity index (χ0) is 40.7. The molecule has 0 aliphatic heterocycles. The van der Waals surface area contributed by atoms with Crippen molar-refractivity contribution in [3.05, 3.63) is 206 Å². The summed E-state index contributed by atoms with van der Waals surface area (Å²) in [6.07, 6.45) is 0. The lowest BCUT2D eigenvalue weighted by molar-refractivity contribution is 0.672. The van der Waals surface area contributed by atoms with Crippen LogP contribution in [0.15, 0.2) is 211 Å². The Hall–Kier alpha value is -8.41. The van der Waals surface area contributed by atoms with E-state index in [0.717, 1.165) is 77.2 Å². The third-order valence-corrected chi connectivity index (χ3v) is 12.3. The minimum Gasteiger partial charge on any atom is -0.455 e. The SMILES string of the molecule is c1ccc(-c2cccc(-c3nc(-c4ccccc4)nc(-c4cc(-n5c6cc7ccccc7cc6c6cc7ccccc7cc65)cc5oc6c7ccccc7ccc6c45)n3)c2)cc1. The van der Waals surface area contributed by atoms with Gasteiger partial charge in [-0.05, 0) is 80.5 Å². The molecule has 0 fully saturated rings. The van der Waals surface area contributed by atoms with E-state index in [1.807, 2.05) is 24.3 Å². The standard InChI is InChI=1S/C57H34N4O/c1-3-14-35(15-4-1)38-23-13-24-43(28-38)56-58-55(37-17-5-2-6-18-37)59-57(60-56)49-33-44(34-52-53(49)46-27-26-36-16-11-12-25-45(36)54(46)62-52)61-50-31-41-21-9-7-19-39(41)29-47(50)48-30-40-20-8-10-22-42(40)32-51(48)61/h1-34H. The summed E-state index contributed by atoms with van der Waals surface area (Å²) in [5.74, 6) is 1.76. The van der Waals surface area contributed by atoms with Crippen molar-refractivity contribution in [2.75, 3.05) is 0 Å². The zero-order valence-electron chi connectivity index (χ0n) is 33.3. The average Bonchev–Trinajstić information content (AvgIpc) is 3.87. The van der Waals surface area contributed by atoms with Crippen molar-refractivity contribution in [3.63, 3.8) is 0 Å². The normalized spacial score (nSPS) is 11.9. The highest BCUT2D eigenvalue weighted by molar-refractivity contribution is 6.20. The van der Waals surface area contributed by atoms with Crippen LogP contribution in [0.25, 0.3) is 127 Å². The number of hydrogen-bond donors (Lipinski definition) is 0.